The summed E-state index contributed by atoms with van der Waals surface area (Å²) >= 11 is 0. The summed E-state index contributed by atoms with van der Waals surface area (Å²) in [4.78, 5) is 0. The smallest absolute Gasteiger partial charge is 0.0320 e. The highest BCUT2D eigenvalue weighted by Gasteiger charge is 2.12. The predicted octanol–water partition coefficient (Wildman–Crippen LogP) is 4.41. The lowest BCUT2D eigenvalue weighted by molar-refractivity contribution is 0.590. The van der Waals surface area contributed by atoms with Crippen LogP contribution in [0.3, 0.4) is 0 Å². The summed E-state index contributed by atoms with van der Waals surface area (Å²) in [7, 11) is 0. The van der Waals surface area contributed by atoms with Crippen molar-refractivity contribution >= 4 is 11.3 Å². The van der Waals surface area contributed by atoms with Gasteiger partial charge in [0.2, 0.25) is 0 Å². The average Bonchev–Trinajstić information content (AvgIpc) is 2.51. The van der Waals surface area contributed by atoms with Crippen LogP contribution in [0, 0.1) is 0 Å². The van der Waals surface area contributed by atoms with E-state index in [1.54, 1.807) is 0 Å². The van der Waals surface area contributed by atoms with Crippen molar-refractivity contribution in [2.45, 2.75) is 32.6 Å². The van der Waals surface area contributed by atoms with Gasteiger partial charge in [0.15, 0.2) is 0 Å². The van der Waals surface area contributed by atoms with E-state index in [0.29, 0.717) is 0 Å². The minimum absolute atomic E-state index is 0.214. The summed E-state index contributed by atoms with van der Waals surface area (Å²) in [6.45, 7) is 12.6. The Morgan fingerprint density at radius 1 is 1.09 bits per heavy atom. The highest BCUT2D eigenvalue weighted by atomic mass is 14.8. The van der Waals surface area contributed by atoms with Crippen molar-refractivity contribution in [2.75, 3.05) is 18.8 Å². The maximum Gasteiger partial charge on any atom is 0.0320 e. The Labute approximate surface area is 140 Å². The van der Waals surface area contributed by atoms with Gasteiger partial charge in [-0.05, 0) is 52.8 Å². The molecular formula is C21H28N2. The molecule has 0 spiro atoms. The highest BCUT2D eigenvalue weighted by Crippen LogP contribution is 2.22. The molecule has 2 nitrogen and oxygen atoms in total. The first-order chi connectivity index (χ1) is 10.9. The van der Waals surface area contributed by atoms with Crippen LogP contribution < -0.4 is 11.1 Å². The molecule has 2 aromatic carbocycles. The molecule has 0 aliphatic heterocycles. The monoisotopic (exact) mass is 308 g/mol. The van der Waals surface area contributed by atoms with Crippen LogP contribution in [0.15, 0.2) is 55.1 Å². The van der Waals surface area contributed by atoms with Gasteiger partial charge < -0.3 is 11.1 Å². The third-order valence-corrected chi connectivity index (χ3v) is 4.04. The Hall–Kier alpha value is -2.06. The van der Waals surface area contributed by atoms with Crippen LogP contribution in [0.4, 0.5) is 5.69 Å². The Kier molecular flexibility index (Phi) is 5.62. The summed E-state index contributed by atoms with van der Waals surface area (Å²) in [5.41, 5.74) is 11.7. The second-order valence-electron chi connectivity index (χ2n) is 7.10. The molecule has 122 valence electrons. The fourth-order valence-corrected chi connectivity index (χ4v) is 2.50. The number of benzene rings is 2. The first kappa shape index (κ1) is 17.3. The minimum Gasteiger partial charge on any atom is -0.399 e. The molecule has 0 atom stereocenters. The van der Waals surface area contributed by atoms with Crippen molar-refractivity contribution in [2.24, 2.45) is 0 Å². The lowest BCUT2D eigenvalue weighted by Crippen LogP contribution is -2.19. The van der Waals surface area contributed by atoms with Gasteiger partial charge in [0.1, 0.15) is 0 Å². The lowest BCUT2D eigenvalue weighted by atomic mass is 9.86. The Morgan fingerprint density at radius 2 is 1.78 bits per heavy atom. The van der Waals surface area contributed by atoms with Crippen LogP contribution in [0.5, 0.6) is 0 Å². The van der Waals surface area contributed by atoms with Gasteiger partial charge in [-0.3, -0.25) is 0 Å². The predicted molar refractivity (Wildman–Crippen MR) is 102 cm³/mol. The Morgan fingerprint density at radius 3 is 2.39 bits per heavy atom. The topological polar surface area (TPSA) is 38.0 Å². The second kappa shape index (κ2) is 7.47. The average molecular weight is 308 g/mol. The van der Waals surface area contributed by atoms with Crippen LogP contribution >= 0.6 is 0 Å². The number of hydrogen-bond acceptors (Lipinski definition) is 2. The van der Waals surface area contributed by atoms with Gasteiger partial charge in [0, 0.05) is 12.2 Å². The number of hydrogen-bond donors (Lipinski definition) is 2. The first-order valence-electron chi connectivity index (χ1n) is 8.20. The van der Waals surface area contributed by atoms with Crippen molar-refractivity contribution in [1.29, 1.82) is 0 Å². The van der Waals surface area contributed by atoms with Crippen LogP contribution in [0.2, 0.25) is 0 Å². The molecule has 0 bridgehead atoms. The van der Waals surface area contributed by atoms with Gasteiger partial charge in [-0.1, -0.05) is 63.7 Å². The number of rotatable bonds is 6. The lowest BCUT2D eigenvalue weighted by Gasteiger charge is -2.19. The van der Waals surface area contributed by atoms with Crippen LogP contribution in [-0.4, -0.2) is 13.1 Å². The molecule has 0 unspecified atom stereocenters. The molecule has 0 aliphatic carbocycles. The summed E-state index contributed by atoms with van der Waals surface area (Å²) in [6.07, 6.45) is 1.02. The number of nitrogens with two attached hydrogens (primary N) is 1. The second-order valence-corrected chi connectivity index (χ2v) is 7.10. The molecule has 2 heteroatoms. The molecule has 2 rings (SSSR count). The molecular weight excluding hydrogens is 280 g/mol. The van der Waals surface area contributed by atoms with E-state index in [9.17, 15) is 0 Å². The number of nitrogens with one attached hydrogen (secondary N) is 1. The van der Waals surface area contributed by atoms with Crippen LogP contribution in [0.1, 0.15) is 37.5 Å². The minimum atomic E-state index is 0.214. The van der Waals surface area contributed by atoms with E-state index in [4.69, 9.17) is 5.73 Å². The molecule has 3 N–H and O–H groups in total. The van der Waals surface area contributed by atoms with E-state index in [1.807, 2.05) is 24.3 Å². The van der Waals surface area contributed by atoms with Gasteiger partial charge in [0.05, 0.1) is 0 Å². The van der Waals surface area contributed by atoms with Gasteiger partial charge in [-0.15, -0.1) is 0 Å². The van der Waals surface area contributed by atoms with Crippen LogP contribution in [0.25, 0.3) is 5.57 Å². The zero-order valence-corrected chi connectivity index (χ0v) is 14.5. The molecule has 2 aromatic rings. The summed E-state index contributed by atoms with van der Waals surface area (Å²) in [5.74, 6) is 0. The van der Waals surface area contributed by atoms with Gasteiger partial charge in [-0.2, -0.15) is 0 Å². The zero-order chi connectivity index (χ0) is 16.9. The van der Waals surface area contributed by atoms with Crippen molar-refractivity contribution in [3.8, 4) is 0 Å². The Balaban J connectivity index is 1.78. The third kappa shape index (κ3) is 5.26. The van der Waals surface area contributed by atoms with Gasteiger partial charge in [-0.25, -0.2) is 0 Å². The molecule has 0 aliphatic rings. The molecule has 23 heavy (non-hydrogen) atoms. The quantitative estimate of drug-likeness (QED) is 0.612. The van der Waals surface area contributed by atoms with Gasteiger partial charge >= 0.3 is 0 Å². The van der Waals surface area contributed by atoms with E-state index in [0.717, 1.165) is 36.3 Å². The molecule has 0 fully saturated rings. The van der Waals surface area contributed by atoms with E-state index in [-0.39, 0.29) is 5.41 Å². The molecule has 0 saturated carbocycles. The fourth-order valence-electron chi connectivity index (χ4n) is 2.50. The molecule has 0 amide bonds. The van der Waals surface area contributed by atoms with E-state index < -0.39 is 0 Å². The fraction of sp³-hybridized carbons (Fsp3) is 0.333. The number of nitrogen functional groups attached to an aromatic ring is 1. The third-order valence-electron chi connectivity index (χ3n) is 4.04. The highest BCUT2D eigenvalue weighted by molar-refractivity contribution is 5.67. The maximum absolute atomic E-state index is 5.81. The summed E-state index contributed by atoms with van der Waals surface area (Å²) < 4.78 is 0. The van der Waals surface area contributed by atoms with Crippen molar-refractivity contribution in [1.82, 2.24) is 5.32 Å². The normalized spacial score (nSPS) is 11.4. The molecule has 0 saturated heterocycles. The zero-order valence-electron chi connectivity index (χ0n) is 14.5. The molecule has 0 heterocycles. The van der Waals surface area contributed by atoms with Crippen molar-refractivity contribution in [3.63, 3.8) is 0 Å². The summed E-state index contributed by atoms with van der Waals surface area (Å²) in [6, 6.07) is 16.8. The van der Waals surface area contributed by atoms with Crippen molar-refractivity contribution < 1.29 is 0 Å². The number of anilines is 1. The SMILES string of the molecule is C=C(CNCCc1ccc(C(C)(C)C)cc1)c1cccc(N)c1. The standard InChI is InChI=1S/C21H28N2/c1-16(18-6-5-7-20(22)14-18)15-23-13-12-17-8-10-19(11-9-17)21(2,3)4/h5-11,14,23H,1,12-13,15,22H2,2-4H3. The Bertz CT molecular complexity index is 648. The van der Waals surface area contributed by atoms with Crippen LogP contribution in [-0.2, 0) is 11.8 Å². The van der Waals surface area contributed by atoms with E-state index in [2.05, 4.69) is 56.9 Å². The van der Waals surface area contributed by atoms with E-state index >= 15 is 0 Å². The van der Waals surface area contributed by atoms with Gasteiger partial charge in [0.25, 0.3) is 0 Å². The molecule has 0 aromatic heterocycles. The molecule has 0 radical (unpaired) electrons. The maximum atomic E-state index is 5.81. The van der Waals surface area contributed by atoms with E-state index in [1.165, 1.54) is 11.1 Å². The summed E-state index contributed by atoms with van der Waals surface area (Å²) in [5, 5.41) is 3.46. The largest absolute Gasteiger partial charge is 0.399 e. The first-order valence-corrected chi connectivity index (χ1v) is 8.20. The van der Waals surface area contributed by atoms with Crippen molar-refractivity contribution in [3.05, 3.63) is 71.8 Å².